The second-order valence-corrected chi connectivity index (χ2v) is 2.97. The Balaban J connectivity index is 2.24. The summed E-state index contributed by atoms with van der Waals surface area (Å²) in [6, 6.07) is 8.83. The summed E-state index contributed by atoms with van der Waals surface area (Å²) in [6.45, 7) is 0.290. The van der Waals surface area contributed by atoms with Crippen molar-refractivity contribution in [2.24, 2.45) is 0 Å². The number of carbonyl (C=O) groups is 1. The first-order valence-electron chi connectivity index (χ1n) is 4.55. The monoisotopic (exact) mass is 219 g/mol. The summed E-state index contributed by atoms with van der Waals surface area (Å²) in [4.78, 5) is 10.1. The van der Waals surface area contributed by atoms with Gasteiger partial charge in [0.05, 0.1) is 13.2 Å². The number of carbonyl (C=O) groups excluding carboxylic acids is 1. The molecule has 82 valence electrons. The van der Waals surface area contributed by atoms with Crippen molar-refractivity contribution in [3.8, 4) is 23.0 Å². The van der Waals surface area contributed by atoms with Gasteiger partial charge in [-0.15, -0.1) is 0 Å². The van der Waals surface area contributed by atoms with Crippen molar-refractivity contribution in [2.45, 2.75) is 0 Å². The van der Waals surface area contributed by atoms with Crippen molar-refractivity contribution in [1.82, 2.24) is 5.16 Å². The summed E-state index contributed by atoms with van der Waals surface area (Å²) in [5.41, 5.74) is 1.45. The summed E-state index contributed by atoms with van der Waals surface area (Å²) >= 11 is 0. The van der Waals surface area contributed by atoms with Crippen LogP contribution in [0, 0.1) is 0 Å². The van der Waals surface area contributed by atoms with Crippen LogP contribution >= 0.6 is 0 Å². The molecule has 0 aliphatic heterocycles. The van der Waals surface area contributed by atoms with Gasteiger partial charge in [-0.05, 0) is 24.3 Å². The van der Waals surface area contributed by atoms with Crippen LogP contribution in [0.5, 0.6) is 11.7 Å². The lowest BCUT2D eigenvalue weighted by molar-refractivity contribution is -0.121. The van der Waals surface area contributed by atoms with E-state index in [1.807, 2.05) is 24.3 Å². The van der Waals surface area contributed by atoms with E-state index in [2.05, 4.69) is 9.89 Å². The molecule has 2 aromatic rings. The van der Waals surface area contributed by atoms with Gasteiger partial charge in [-0.3, -0.25) is 4.79 Å². The zero-order valence-electron chi connectivity index (χ0n) is 8.54. The minimum Gasteiger partial charge on any atom is -0.497 e. The molecule has 0 aliphatic rings. The topological polar surface area (TPSA) is 61.6 Å². The van der Waals surface area contributed by atoms with Crippen molar-refractivity contribution in [3.05, 3.63) is 30.3 Å². The molecule has 16 heavy (non-hydrogen) atoms. The quantitative estimate of drug-likeness (QED) is 0.735. The third-order valence-electron chi connectivity index (χ3n) is 2.04. The Morgan fingerprint density at radius 1 is 1.31 bits per heavy atom. The molecule has 5 nitrogen and oxygen atoms in total. The third kappa shape index (κ3) is 2.03. The van der Waals surface area contributed by atoms with Crippen LogP contribution in [0.15, 0.2) is 34.9 Å². The maximum absolute atomic E-state index is 10.1. The molecule has 2 rings (SSSR count). The maximum atomic E-state index is 10.1. The fraction of sp³-hybridized carbons (Fsp3) is 0.0909. The number of benzene rings is 1. The number of methoxy groups -OCH3 is 1. The van der Waals surface area contributed by atoms with Gasteiger partial charge in [0.2, 0.25) is 0 Å². The van der Waals surface area contributed by atoms with Crippen LogP contribution in [0.3, 0.4) is 0 Å². The zero-order chi connectivity index (χ0) is 11.4. The Morgan fingerprint density at radius 3 is 2.69 bits per heavy atom. The number of hydrogen-bond acceptors (Lipinski definition) is 5. The van der Waals surface area contributed by atoms with Gasteiger partial charge < -0.3 is 14.0 Å². The molecule has 0 saturated heterocycles. The number of nitrogens with zero attached hydrogens (tertiary/aromatic N) is 1. The summed E-state index contributed by atoms with van der Waals surface area (Å²) in [5.74, 6) is 0.831. The van der Waals surface area contributed by atoms with E-state index in [0.29, 0.717) is 5.69 Å². The van der Waals surface area contributed by atoms with Crippen molar-refractivity contribution in [2.75, 3.05) is 7.11 Å². The number of ether oxygens (including phenoxy) is 2. The highest BCUT2D eigenvalue weighted by molar-refractivity contribution is 5.61. The molecule has 0 N–H and O–H groups in total. The number of aromatic nitrogens is 1. The van der Waals surface area contributed by atoms with Gasteiger partial charge in [0.25, 0.3) is 0 Å². The van der Waals surface area contributed by atoms with Gasteiger partial charge >= 0.3 is 12.4 Å². The summed E-state index contributed by atoms with van der Waals surface area (Å²) in [6.07, 6.45) is 0. The van der Waals surface area contributed by atoms with Gasteiger partial charge in [0.1, 0.15) is 11.4 Å². The molecular formula is C11H9NO4. The van der Waals surface area contributed by atoms with E-state index in [4.69, 9.17) is 9.26 Å². The molecule has 5 heteroatoms. The summed E-state index contributed by atoms with van der Waals surface area (Å²) in [5, 5.41) is 3.76. The van der Waals surface area contributed by atoms with Crippen LogP contribution in [0.1, 0.15) is 0 Å². The highest BCUT2D eigenvalue weighted by Gasteiger charge is 2.06. The van der Waals surface area contributed by atoms with E-state index in [0.717, 1.165) is 11.3 Å². The smallest absolute Gasteiger partial charge is 0.319 e. The van der Waals surface area contributed by atoms with Crippen LogP contribution in [0.2, 0.25) is 0 Å². The average Bonchev–Trinajstić information content (AvgIpc) is 2.78. The minimum atomic E-state index is 0.0702. The highest BCUT2D eigenvalue weighted by Crippen LogP contribution is 2.24. The van der Waals surface area contributed by atoms with Gasteiger partial charge in [-0.1, -0.05) is 5.16 Å². The highest BCUT2D eigenvalue weighted by atomic mass is 16.6. The lowest BCUT2D eigenvalue weighted by Crippen LogP contribution is -1.84. The Kier molecular flexibility index (Phi) is 2.86. The van der Waals surface area contributed by atoms with Crippen LogP contribution in [0.4, 0.5) is 0 Å². The summed E-state index contributed by atoms with van der Waals surface area (Å²) < 4.78 is 14.3. The molecule has 0 spiro atoms. The standard InChI is InChI=1S/C11H9NO4/c1-14-9-4-2-8(3-5-9)10-6-11(15-7-13)16-12-10/h2-7H,1H3. The van der Waals surface area contributed by atoms with Gasteiger partial charge in [0, 0.05) is 5.56 Å². The minimum absolute atomic E-state index is 0.0702. The van der Waals surface area contributed by atoms with Crippen LogP contribution < -0.4 is 9.47 Å². The molecule has 0 bridgehead atoms. The van der Waals surface area contributed by atoms with E-state index in [1.165, 1.54) is 6.07 Å². The molecular weight excluding hydrogens is 210 g/mol. The van der Waals surface area contributed by atoms with E-state index < -0.39 is 0 Å². The molecule has 0 amide bonds. The van der Waals surface area contributed by atoms with Crippen molar-refractivity contribution in [1.29, 1.82) is 0 Å². The normalized spacial score (nSPS) is 9.81. The number of hydrogen-bond donors (Lipinski definition) is 0. The first-order valence-corrected chi connectivity index (χ1v) is 4.55. The largest absolute Gasteiger partial charge is 0.497 e. The number of rotatable bonds is 4. The van der Waals surface area contributed by atoms with E-state index in [1.54, 1.807) is 7.11 Å². The molecule has 0 unspecified atom stereocenters. The molecule has 0 radical (unpaired) electrons. The average molecular weight is 219 g/mol. The van der Waals surface area contributed by atoms with Crippen molar-refractivity contribution < 1.29 is 18.8 Å². The van der Waals surface area contributed by atoms with Gasteiger partial charge in [0.15, 0.2) is 0 Å². The second-order valence-electron chi connectivity index (χ2n) is 2.97. The van der Waals surface area contributed by atoms with Crippen LogP contribution in [0.25, 0.3) is 11.3 Å². The second kappa shape index (κ2) is 4.48. The molecule has 0 atom stereocenters. The lowest BCUT2D eigenvalue weighted by Gasteiger charge is -1.99. The Hall–Kier alpha value is -2.30. The lowest BCUT2D eigenvalue weighted by atomic mass is 10.1. The Labute approximate surface area is 91.6 Å². The van der Waals surface area contributed by atoms with Gasteiger partial charge in [-0.25, -0.2) is 0 Å². The molecule has 1 heterocycles. The molecule has 0 fully saturated rings. The first kappa shape index (κ1) is 10.2. The third-order valence-corrected chi connectivity index (χ3v) is 2.04. The predicted octanol–water partition coefficient (Wildman–Crippen LogP) is 1.89. The first-order chi connectivity index (χ1) is 7.83. The summed E-state index contributed by atoms with van der Waals surface area (Å²) in [7, 11) is 1.60. The van der Waals surface area contributed by atoms with E-state index in [-0.39, 0.29) is 12.4 Å². The Morgan fingerprint density at radius 2 is 2.06 bits per heavy atom. The molecule has 1 aromatic carbocycles. The maximum Gasteiger partial charge on any atom is 0.319 e. The van der Waals surface area contributed by atoms with Crippen LogP contribution in [-0.4, -0.2) is 18.7 Å². The van der Waals surface area contributed by atoms with Crippen LogP contribution in [-0.2, 0) is 4.79 Å². The molecule has 1 aromatic heterocycles. The van der Waals surface area contributed by atoms with Crippen molar-refractivity contribution >= 4 is 6.47 Å². The predicted molar refractivity (Wildman–Crippen MR) is 55.2 cm³/mol. The SMILES string of the molecule is COc1ccc(-c2cc(OC=O)on2)cc1. The van der Waals surface area contributed by atoms with Crippen molar-refractivity contribution in [3.63, 3.8) is 0 Å². The fourth-order valence-electron chi connectivity index (χ4n) is 1.26. The Bertz CT molecular complexity index is 475. The zero-order valence-corrected chi connectivity index (χ0v) is 8.54. The molecule has 0 aliphatic carbocycles. The van der Waals surface area contributed by atoms with Gasteiger partial charge in [-0.2, -0.15) is 0 Å². The molecule has 0 saturated carbocycles. The fourth-order valence-corrected chi connectivity index (χ4v) is 1.26. The van der Waals surface area contributed by atoms with E-state index >= 15 is 0 Å². The van der Waals surface area contributed by atoms with E-state index in [9.17, 15) is 4.79 Å².